The van der Waals surface area contributed by atoms with Crippen LogP contribution >= 0.6 is 11.6 Å². The van der Waals surface area contributed by atoms with Gasteiger partial charge in [-0.2, -0.15) is 13.2 Å². The van der Waals surface area contributed by atoms with Crippen LogP contribution in [0.1, 0.15) is 70.9 Å². The standard InChI is InChI=1S/C27H33ClF3NO3/c1-4-21(32-23-14-20(25(33)34)26(23,2)3)16-6-5-15-7-12-22(24(28)19(15)13-16)35-18-10-8-17(9-11-18)27(29,30)31/h5-7,12-13,17-18,20-21,23,32H,4,8-11,14H2,1-3H3,(H,33,34)/t17?,18?,20-,21?,23-/m0/s1. The molecule has 0 spiro atoms. The van der Waals surface area contributed by atoms with Gasteiger partial charge in [0.25, 0.3) is 0 Å². The van der Waals surface area contributed by atoms with Gasteiger partial charge in [0.1, 0.15) is 5.75 Å². The van der Waals surface area contributed by atoms with Gasteiger partial charge in [-0.1, -0.05) is 50.6 Å². The first-order chi connectivity index (χ1) is 16.4. The molecule has 35 heavy (non-hydrogen) atoms. The highest BCUT2D eigenvalue weighted by atomic mass is 35.5. The first-order valence-electron chi connectivity index (χ1n) is 12.4. The lowest BCUT2D eigenvalue weighted by molar-refractivity contribution is -0.185. The maximum atomic E-state index is 13.0. The number of fused-ring (bicyclic) bond motifs is 1. The molecule has 2 aromatic rings. The number of aliphatic carboxylic acids is 1. The number of hydrogen-bond donors (Lipinski definition) is 2. The third-order valence-electron chi connectivity index (χ3n) is 8.15. The summed E-state index contributed by atoms with van der Waals surface area (Å²) in [5.41, 5.74) is 0.721. The second-order valence-electron chi connectivity index (χ2n) is 10.6. The predicted molar refractivity (Wildman–Crippen MR) is 131 cm³/mol. The molecule has 2 aromatic carbocycles. The molecule has 0 aromatic heterocycles. The molecule has 4 rings (SSSR count). The molecule has 0 amide bonds. The van der Waals surface area contributed by atoms with Gasteiger partial charge in [0.2, 0.25) is 0 Å². The van der Waals surface area contributed by atoms with Crippen LogP contribution in [0.4, 0.5) is 13.2 Å². The van der Waals surface area contributed by atoms with Gasteiger partial charge < -0.3 is 15.2 Å². The second kappa shape index (κ2) is 9.81. The van der Waals surface area contributed by atoms with Crippen LogP contribution in [0, 0.1) is 17.3 Å². The van der Waals surface area contributed by atoms with Crippen molar-refractivity contribution < 1.29 is 27.8 Å². The fourth-order valence-electron chi connectivity index (χ4n) is 5.60. The number of carbonyl (C=O) groups is 1. The molecular formula is C27H33ClF3NO3. The normalized spacial score (nSPS) is 27.3. The Hall–Kier alpha value is -1.99. The van der Waals surface area contributed by atoms with E-state index < -0.39 is 18.1 Å². The van der Waals surface area contributed by atoms with E-state index >= 15 is 0 Å². The van der Waals surface area contributed by atoms with Gasteiger partial charge in [-0.25, -0.2) is 0 Å². The highest BCUT2D eigenvalue weighted by molar-refractivity contribution is 6.37. The Labute approximate surface area is 209 Å². The van der Waals surface area contributed by atoms with Crippen molar-refractivity contribution in [3.8, 4) is 5.75 Å². The van der Waals surface area contributed by atoms with E-state index in [4.69, 9.17) is 16.3 Å². The molecule has 0 aliphatic heterocycles. The summed E-state index contributed by atoms with van der Waals surface area (Å²) in [5, 5.41) is 15.3. The van der Waals surface area contributed by atoms with Crippen LogP contribution in [-0.4, -0.2) is 29.4 Å². The van der Waals surface area contributed by atoms with Crippen LogP contribution in [0.2, 0.25) is 5.02 Å². The van der Waals surface area contributed by atoms with Crippen molar-refractivity contribution in [2.24, 2.45) is 17.3 Å². The number of ether oxygens (including phenoxy) is 1. The lowest BCUT2D eigenvalue weighted by Gasteiger charge is -2.51. The molecule has 8 heteroatoms. The van der Waals surface area contributed by atoms with Gasteiger partial charge in [-0.15, -0.1) is 0 Å². The summed E-state index contributed by atoms with van der Waals surface area (Å²) < 4.78 is 45.0. The van der Waals surface area contributed by atoms with Crippen LogP contribution in [0.25, 0.3) is 10.8 Å². The number of rotatable bonds is 7. The van der Waals surface area contributed by atoms with Gasteiger partial charge in [0.05, 0.1) is 23.0 Å². The van der Waals surface area contributed by atoms with Crippen molar-refractivity contribution in [1.29, 1.82) is 0 Å². The van der Waals surface area contributed by atoms with Crippen LogP contribution in [0.15, 0.2) is 30.3 Å². The molecule has 3 atom stereocenters. The van der Waals surface area contributed by atoms with Crippen molar-refractivity contribution >= 4 is 28.3 Å². The molecule has 192 valence electrons. The fourth-order valence-corrected chi connectivity index (χ4v) is 5.87. The van der Waals surface area contributed by atoms with Gasteiger partial charge in [0, 0.05) is 17.5 Å². The number of carboxylic acids is 1. The summed E-state index contributed by atoms with van der Waals surface area (Å²) in [7, 11) is 0. The average Bonchev–Trinajstić information content (AvgIpc) is 2.80. The van der Waals surface area contributed by atoms with Crippen LogP contribution in [0.3, 0.4) is 0 Å². The van der Waals surface area contributed by atoms with E-state index in [1.807, 2.05) is 32.0 Å². The zero-order valence-electron chi connectivity index (χ0n) is 20.3. The molecule has 2 N–H and O–H groups in total. The molecule has 2 aliphatic carbocycles. The third-order valence-corrected chi connectivity index (χ3v) is 8.54. The molecule has 0 radical (unpaired) electrons. The molecule has 0 saturated heterocycles. The first-order valence-corrected chi connectivity index (χ1v) is 12.7. The number of carboxylic acid groups (broad SMARTS) is 1. The maximum absolute atomic E-state index is 13.0. The minimum atomic E-state index is -4.14. The highest BCUT2D eigenvalue weighted by Gasteiger charge is 2.52. The predicted octanol–water partition coefficient (Wildman–Crippen LogP) is 7.53. The highest BCUT2D eigenvalue weighted by Crippen LogP contribution is 2.47. The minimum absolute atomic E-state index is 0.0386. The van der Waals surface area contributed by atoms with E-state index in [2.05, 4.69) is 18.3 Å². The van der Waals surface area contributed by atoms with Gasteiger partial charge in [-0.05, 0) is 67.0 Å². The van der Waals surface area contributed by atoms with Gasteiger partial charge >= 0.3 is 12.1 Å². The summed E-state index contributed by atoms with van der Waals surface area (Å²) in [6, 6.07) is 9.94. The first kappa shape index (κ1) is 26.1. The number of benzene rings is 2. The monoisotopic (exact) mass is 511 g/mol. The van der Waals surface area contributed by atoms with Gasteiger partial charge in [0.15, 0.2) is 0 Å². The molecule has 2 saturated carbocycles. The lowest BCUT2D eigenvalue weighted by Crippen LogP contribution is -2.59. The number of alkyl halides is 3. The summed E-state index contributed by atoms with van der Waals surface area (Å²) >= 11 is 6.73. The topological polar surface area (TPSA) is 58.6 Å². The SMILES string of the molecule is CCC(N[C@H]1C[C@@H](C(=O)O)C1(C)C)c1ccc2ccc(OC3CCC(C(F)(F)F)CC3)c(Cl)c2c1. The van der Waals surface area contributed by atoms with E-state index in [1.54, 1.807) is 6.07 Å². The summed E-state index contributed by atoms with van der Waals surface area (Å²) in [4.78, 5) is 11.5. The zero-order valence-corrected chi connectivity index (χ0v) is 21.0. The number of hydrogen-bond acceptors (Lipinski definition) is 3. The van der Waals surface area contributed by atoms with E-state index in [9.17, 15) is 23.1 Å². The van der Waals surface area contributed by atoms with Crippen molar-refractivity contribution in [2.75, 3.05) is 0 Å². The molecular weight excluding hydrogens is 479 g/mol. The summed E-state index contributed by atoms with van der Waals surface area (Å²) in [5.74, 6) is -1.86. The molecule has 1 unspecified atom stereocenters. The molecule has 0 heterocycles. The number of halogens is 4. The van der Waals surface area contributed by atoms with Crippen molar-refractivity contribution in [2.45, 2.75) is 83.7 Å². The zero-order chi connectivity index (χ0) is 25.5. The second-order valence-corrected chi connectivity index (χ2v) is 11.0. The van der Waals surface area contributed by atoms with Crippen molar-refractivity contribution in [3.63, 3.8) is 0 Å². The van der Waals surface area contributed by atoms with Gasteiger partial charge in [-0.3, -0.25) is 4.79 Å². The van der Waals surface area contributed by atoms with E-state index in [1.165, 1.54) is 0 Å². The smallest absolute Gasteiger partial charge is 0.391 e. The Bertz CT molecular complexity index is 1080. The van der Waals surface area contributed by atoms with E-state index in [0.717, 1.165) is 22.8 Å². The largest absolute Gasteiger partial charge is 0.489 e. The quantitative estimate of drug-likeness (QED) is 0.403. The van der Waals surface area contributed by atoms with Crippen LogP contribution in [-0.2, 0) is 4.79 Å². The van der Waals surface area contributed by atoms with Crippen LogP contribution < -0.4 is 10.1 Å². The fraction of sp³-hybridized carbons (Fsp3) is 0.593. The van der Waals surface area contributed by atoms with E-state index in [0.29, 0.717) is 30.0 Å². The Balaban J connectivity index is 1.49. The summed E-state index contributed by atoms with van der Waals surface area (Å²) in [6.45, 7) is 6.06. The third kappa shape index (κ3) is 5.26. The Morgan fingerprint density at radius 2 is 1.86 bits per heavy atom. The Morgan fingerprint density at radius 1 is 1.20 bits per heavy atom. The number of nitrogens with one attached hydrogen (secondary N) is 1. The molecule has 2 aliphatic rings. The molecule has 2 fully saturated rings. The lowest BCUT2D eigenvalue weighted by atomic mass is 9.58. The van der Waals surface area contributed by atoms with E-state index in [-0.39, 0.29) is 42.4 Å². The van der Waals surface area contributed by atoms with Crippen molar-refractivity contribution in [1.82, 2.24) is 5.32 Å². The minimum Gasteiger partial charge on any atom is -0.489 e. The Morgan fingerprint density at radius 3 is 2.43 bits per heavy atom. The van der Waals surface area contributed by atoms with Crippen LogP contribution in [0.5, 0.6) is 5.75 Å². The molecule has 0 bridgehead atoms. The Kier molecular flexibility index (Phi) is 7.31. The van der Waals surface area contributed by atoms with Crippen molar-refractivity contribution in [3.05, 3.63) is 40.9 Å². The molecule has 4 nitrogen and oxygen atoms in total. The maximum Gasteiger partial charge on any atom is 0.391 e. The summed E-state index contributed by atoms with van der Waals surface area (Å²) in [6.07, 6.45) is -2.13. The average molecular weight is 512 g/mol.